The lowest BCUT2D eigenvalue weighted by Crippen LogP contribution is -2.00. The van der Waals surface area contributed by atoms with Gasteiger partial charge in [-0.15, -0.1) is 0 Å². The van der Waals surface area contributed by atoms with Gasteiger partial charge in [-0.25, -0.2) is 4.98 Å². The fraction of sp³-hybridized carbons (Fsp3) is 0. The van der Waals surface area contributed by atoms with Crippen LogP contribution in [0.1, 0.15) is 0 Å². The van der Waals surface area contributed by atoms with Crippen molar-refractivity contribution >= 4 is 54.5 Å². The first-order valence-corrected chi connectivity index (χ1v) is 16.3. The second kappa shape index (κ2) is 10.5. The normalized spacial score (nSPS) is 11.8. The molecule has 0 fully saturated rings. The van der Waals surface area contributed by atoms with Gasteiger partial charge in [-0.1, -0.05) is 109 Å². The zero-order chi connectivity index (χ0) is 31.6. The van der Waals surface area contributed by atoms with Gasteiger partial charge in [0.1, 0.15) is 17.0 Å². The summed E-state index contributed by atoms with van der Waals surface area (Å²) in [6.07, 6.45) is 1.89. The highest BCUT2D eigenvalue weighted by molar-refractivity contribution is 6.12. The number of fused-ring (bicyclic) bond motifs is 7. The molecule has 3 nitrogen and oxygen atoms in total. The smallest absolute Gasteiger partial charge is 0.145 e. The van der Waals surface area contributed by atoms with Crippen LogP contribution < -0.4 is 0 Å². The van der Waals surface area contributed by atoms with Gasteiger partial charge in [0.25, 0.3) is 0 Å². The van der Waals surface area contributed by atoms with E-state index < -0.39 is 0 Å². The van der Waals surface area contributed by atoms with Crippen LogP contribution in [0.5, 0.6) is 0 Å². The van der Waals surface area contributed by atoms with Crippen LogP contribution >= 0.6 is 0 Å². The van der Waals surface area contributed by atoms with Gasteiger partial charge in [0.15, 0.2) is 0 Å². The van der Waals surface area contributed by atoms with Crippen LogP contribution in [-0.2, 0) is 0 Å². The number of pyridine rings is 1. The van der Waals surface area contributed by atoms with Crippen LogP contribution in [0.15, 0.2) is 174 Å². The van der Waals surface area contributed by atoms with E-state index in [0.29, 0.717) is 0 Å². The zero-order valence-corrected chi connectivity index (χ0v) is 26.0. The third-order valence-electron chi connectivity index (χ3n) is 9.64. The lowest BCUT2D eigenvalue weighted by molar-refractivity contribution is 0.669. The number of para-hydroxylation sites is 1. The number of aromatic nitrogens is 2. The van der Waals surface area contributed by atoms with Crippen molar-refractivity contribution in [2.75, 3.05) is 0 Å². The Morgan fingerprint density at radius 3 is 2.00 bits per heavy atom. The minimum absolute atomic E-state index is 0.905. The molecule has 0 N–H and O–H groups in total. The summed E-state index contributed by atoms with van der Waals surface area (Å²) in [5.74, 6) is 0.915. The van der Waals surface area contributed by atoms with E-state index in [4.69, 9.17) is 9.40 Å². The maximum Gasteiger partial charge on any atom is 0.145 e. The van der Waals surface area contributed by atoms with E-state index in [-0.39, 0.29) is 0 Å². The van der Waals surface area contributed by atoms with Crippen molar-refractivity contribution in [3.63, 3.8) is 0 Å². The summed E-state index contributed by atoms with van der Waals surface area (Å²) in [6.45, 7) is 0. The van der Waals surface area contributed by atoms with Gasteiger partial charge in [0.05, 0.1) is 11.0 Å². The molecule has 7 aromatic carbocycles. The molecule has 0 spiro atoms. The Kier molecular flexibility index (Phi) is 5.87. The number of nitrogens with zero attached hydrogens (tertiary/aromatic N) is 2. The molecule has 3 heterocycles. The van der Waals surface area contributed by atoms with Crippen LogP contribution in [0.3, 0.4) is 0 Å². The lowest BCUT2D eigenvalue weighted by Gasteiger charge is -2.13. The van der Waals surface area contributed by atoms with Crippen molar-refractivity contribution in [1.82, 2.24) is 9.55 Å². The Morgan fingerprint density at radius 1 is 0.396 bits per heavy atom. The molecule has 0 aliphatic heterocycles. The fourth-order valence-electron chi connectivity index (χ4n) is 7.30. The summed E-state index contributed by atoms with van der Waals surface area (Å²) in [5.41, 5.74) is 11.0. The highest BCUT2D eigenvalue weighted by atomic mass is 16.3. The summed E-state index contributed by atoms with van der Waals surface area (Å²) in [7, 11) is 0. The molecule has 0 radical (unpaired) electrons. The summed E-state index contributed by atoms with van der Waals surface area (Å²) in [5, 5.41) is 7.12. The molecule has 224 valence electrons. The monoisotopic (exact) mass is 612 g/mol. The first kappa shape index (κ1) is 26.7. The molecule has 0 bridgehead atoms. The number of hydrogen-bond acceptors (Lipinski definition) is 2. The summed E-state index contributed by atoms with van der Waals surface area (Å²) in [4.78, 5) is 5.03. The first-order chi connectivity index (χ1) is 23.8. The molecule has 0 unspecified atom stereocenters. The molecule has 0 aliphatic carbocycles. The van der Waals surface area contributed by atoms with Crippen molar-refractivity contribution in [3.05, 3.63) is 170 Å². The number of hydrogen-bond donors (Lipinski definition) is 0. The second-order valence-electron chi connectivity index (χ2n) is 12.4. The average Bonchev–Trinajstić information content (AvgIpc) is 3.69. The predicted molar refractivity (Wildman–Crippen MR) is 200 cm³/mol. The van der Waals surface area contributed by atoms with Crippen LogP contribution in [0.2, 0.25) is 0 Å². The third-order valence-corrected chi connectivity index (χ3v) is 9.64. The van der Waals surface area contributed by atoms with Gasteiger partial charge in [0.2, 0.25) is 0 Å². The van der Waals surface area contributed by atoms with E-state index in [1.54, 1.807) is 0 Å². The number of rotatable bonds is 4. The molecule has 3 heteroatoms. The number of furan rings is 1. The molecular formula is C45H28N2O. The first-order valence-electron chi connectivity index (χ1n) is 16.3. The van der Waals surface area contributed by atoms with Crippen LogP contribution in [0, 0.1) is 0 Å². The minimum atomic E-state index is 0.905. The Balaban J connectivity index is 1.22. The van der Waals surface area contributed by atoms with E-state index in [2.05, 4.69) is 150 Å². The molecule has 0 aliphatic rings. The van der Waals surface area contributed by atoms with E-state index in [0.717, 1.165) is 61.0 Å². The van der Waals surface area contributed by atoms with Gasteiger partial charge in [-0.2, -0.15) is 0 Å². The van der Waals surface area contributed by atoms with Crippen LogP contribution in [-0.4, -0.2) is 9.55 Å². The maximum absolute atomic E-state index is 6.13. The predicted octanol–water partition coefficient (Wildman–Crippen LogP) is 12.2. The van der Waals surface area contributed by atoms with E-state index >= 15 is 0 Å². The van der Waals surface area contributed by atoms with Gasteiger partial charge in [-0.05, 0) is 93.2 Å². The summed E-state index contributed by atoms with van der Waals surface area (Å²) < 4.78 is 8.47. The van der Waals surface area contributed by atoms with Crippen molar-refractivity contribution < 1.29 is 4.42 Å². The molecule has 0 amide bonds. The lowest BCUT2D eigenvalue weighted by atomic mass is 9.99. The van der Waals surface area contributed by atoms with Crippen molar-refractivity contribution in [1.29, 1.82) is 0 Å². The molecule has 3 aromatic heterocycles. The van der Waals surface area contributed by atoms with Gasteiger partial charge in [0, 0.05) is 33.3 Å². The zero-order valence-electron chi connectivity index (χ0n) is 26.0. The second-order valence-corrected chi connectivity index (χ2v) is 12.4. The van der Waals surface area contributed by atoms with Gasteiger partial charge in [-0.3, -0.25) is 4.57 Å². The van der Waals surface area contributed by atoms with E-state index in [9.17, 15) is 0 Å². The maximum atomic E-state index is 6.13. The third kappa shape index (κ3) is 4.18. The molecule has 0 saturated carbocycles. The molecule has 10 aromatic rings. The van der Waals surface area contributed by atoms with Crippen LogP contribution in [0.25, 0.3) is 93.7 Å². The molecule has 10 rings (SSSR count). The topological polar surface area (TPSA) is 31.0 Å². The summed E-state index contributed by atoms with van der Waals surface area (Å²) >= 11 is 0. The van der Waals surface area contributed by atoms with E-state index in [1.165, 1.54) is 32.7 Å². The minimum Gasteiger partial charge on any atom is -0.456 e. The molecule has 0 atom stereocenters. The molecule has 48 heavy (non-hydrogen) atoms. The van der Waals surface area contributed by atoms with Gasteiger partial charge < -0.3 is 4.42 Å². The fourth-order valence-corrected chi connectivity index (χ4v) is 7.30. The quantitative estimate of drug-likeness (QED) is 0.198. The highest BCUT2D eigenvalue weighted by Gasteiger charge is 2.19. The SMILES string of the molecule is c1ccc(-c2cccnc2-n2c3ccc(-c4ccc5oc6ccccc6c5c4)cc3c3ccc(-c4ccc5ccccc5c4)cc32)cc1. The van der Waals surface area contributed by atoms with E-state index in [1.807, 2.05) is 24.4 Å². The van der Waals surface area contributed by atoms with Crippen molar-refractivity contribution in [2.45, 2.75) is 0 Å². The Hall–Kier alpha value is -6.45. The summed E-state index contributed by atoms with van der Waals surface area (Å²) in [6, 6.07) is 58.4. The largest absolute Gasteiger partial charge is 0.456 e. The van der Waals surface area contributed by atoms with Gasteiger partial charge >= 0.3 is 0 Å². The Bertz CT molecular complexity index is 2840. The average molecular weight is 613 g/mol. The standard InChI is InChI=1S/C45H28N2O/c1-2-10-30(11-3-1)36-14-8-24-46-45(36)47-41-22-19-33(34-20-23-44-40(27-34)38-13-6-7-15-43(38)48-44)26-39(41)37-21-18-35(28-42(37)47)32-17-16-29-9-4-5-12-31(29)25-32/h1-28H. The Labute approximate surface area is 277 Å². The highest BCUT2D eigenvalue weighted by Crippen LogP contribution is 2.40. The molecular weight excluding hydrogens is 585 g/mol. The Morgan fingerprint density at radius 2 is 1.08 bits per heavy atom. The van der Waals surface area contributed by atoms with Crippen LogP contribution in [0.4, 0.5) is 0 Å². The van der Waals surface area contributed by atoms with Crippen molar-refractivity contribution in [3.8, 4) is 39.2 Å². The van der Waals surface area contributed by atoms with Crippen molar-refractivity contribution in [2.24, 2.45) is 0 Å². The number of benzene rings is 7. The molecule has 0 saturated heterocycles.